The fourth-order valence-electron chi connectivity index (χ4n) is 3.48. The SMILES string of the molecule is OCCC(CO)C1CC2CCC1C2. The minimum Gasteiger partial charge on any atom is -0.396 e. The van der Waals surface area contributed by atoms with Gasteiger partial charge in [-0.3, -0.25) is 0 Å². The zero-order valence-corrected chi connectivity index (χ0v) is 8.15. The Bertz CT molecular complexity index is 169. The minimum atomic E-state index is 0.235. The second-order valence-electron chi connectivity index (χ2n) is 4.79. The molecule has 2 saturated carbocycles. The lowest BCUT2D eigenvalue weighted by Gasteiger charge is -2.28. The predicted molar refractivity (Wildman–Crippen MR) is 51.2 cm³/mol. The highest BCUT2D eigenvalue weighted by Gasteiger charge is 2.42. The number of hydrogen-bond donors (Lipinski definition) is 2. The van der Waals surface area contributed by atoms with E-state index in [2.05, 4.69) is 0 Å². The highest BCUT2D eigenvalue weighted by atomic mass is 16.3. The van der Waals surface area contributed by atoms with Crippen molar-refractivity contribution >= 4 is 0 Å². The number of aliphatic hydroxyl groups is 2. The molecule has 0 heterocycles. The molecule has 0 amide bonds. The van der Waals surface area contributed by atoms with Gasteiger partial charge < -0.3 is 10.2 Å². The summed E-state index contributed by atoms with van der Waals surface area (Å²) in [6.45, 7) is 0.508. The number of aliphatic hydroxyl groups excluding tert-OH is 2. The fraction of sp³-hybridized carbons (Fsp3) is 1.00. The maximum Gasteiger partial charge on any atom is 0.0462 e. The van der Waals surface area contributed by atoms with Crippen LogP contribution in [-0.2, 0) is 0 Å². The quantitative estimate of drug-likeness (QED) is 0.693. The molecule has 0 aromatic carbocycles. The van der Waals surface area contributed by atoms with Gasteiger partial charge in [-0.1, -0.05) is 6.42 Å². The highest BCUT2D eigenvalue weighted by Crippen LogP contribution is 2.51. The average molecular weight is 184 g/mol. The van der Waals surface area contributed by atoms with E-state index < -0.39 is 0 Å². The van der Waals surface area contributed by atoms with Gasteiger partial charge in [0.15, 0.2) is 0 Å². The van der Waals surface area contributed by atoms with Gasteiger partial charge in [-0.25, -0.2) is 0 Å². The van der Waals surface area contributed by atoms with Crippen LogP contribution in [0.4, 0.5) is 0 Å². The topological polar surface area (TPSA) is 40.5 Å². The van der Waals surface area contributed by atoms with Crippen LogP contribution in [0.1, 0.15) is 32.1 Å². The second-order valence-corrected chi connectivity index (χ2v) is 4.79. The third kappa shape index (κ3) is 1.75. The van der Waals surface area contributed by atoms with E-state index in [0.29, 0.717) is 5.92 Å². The van der Waals surface area contributed by atoms with E-state index in [1.54, 1.807) is 0 Å². The molecule has 4 atom stereocenters. The Balaban J connectivity index is 1.92. The van der Waals surface area contributed by atoms with Crippen molar-refractivity contribution in [2.24, 2.45) is 23.7 Å². The molecule has 13 heavy (non-hydrogen) atoms. The van der Waals surface area contributed by atoms with Crippen LogP contribution in [0, 0.1) is 23.7 Å². The molecular weight excluding hydrogens is 164 g/mol. The zero-order chi connectivity index (χ0) is 9.26. The Morgan fingerprint density at radius 3 is 2.46 bits per heavy atom. The molecule has 4 unspecified atom stereocenters. The van der Waals surface area contributed by atoms with Crippen LogP contribution in [0.2, 0.25) is 0 Å². The molecule has 0 spiro atoms. The lowest BCUT2D eigenvalue weighted by Crippen LogP contribution is -2.24. The molecular formula is C11H20O2. The van der Waals surface area contributed by atoms with Gasteiger partial charge in [-0.05, 0) is 49.4 Å². The van der Waals surface area contributed by atoms with Crippen molar-refractivity contribution in [2.75, 3.05) is 13.2 Å². The fourth-order valence-corrected chi connectivity index (χ4v) is 3.48. The third-order valence-corrected chi connectivity index (χ3v) is 4.13. The van der Waals surface area contributed by atoms with Gasteiger partial charge in [-0.15, -0.1) is 0 Å². The molecule has 2 heteroatoms. The Morgan fingerprint density at radius 2 is 2.00 bits per heavy atom. The number of fused-ring (bicyclic) bond motifs is 2. The minimum absolute atomic E-state index is 0.235. The van der Waals surface area contributed by atoms with Gasteiger partial charge in [0, 0.05) is 13.2 Å². The molecule has 2 rings (SSSR count). The Labute approximate surface area is 80.0 Å². The lowest BCUT2D eigenvalue weighted by atomic mass is 9.78. The molecule has 2 aliphatic carbocycles. The third-order valence-electron chi connectivity index (χ3n) is 4.13. The van der Waals surface area contributed by atoms with E-state index in [0.717, 1.165) is 24.2 Å². The molecule has 0 saturated heterocycles. The van der Waals surface area contributed by atoms with Crippen LogP contribution in [0.25, 0.3) is 0 Å². The maximum atomic E-state index is 9.23. The van der Waals surface area contributed by atoms with Gasteiger partial charge >= 0.3 is 0 Å². The summed E-state index contributed by atoms with van der Waals surface area (Å²) in [7, 11) is 0. The summed E-state index contributed by atoms with van der Waals surface area (Å²) in [6, 6.07) is 0. The highest BCUT2D eigenvalue weighted by molar-refractivity contribution is 4.92. The van der Waals surface area contributed by atoms with E-state index in [9.17, 15) is 5.11 Å². The molecule has 76 valence electrons. The molecule has 2 fully saturated rings. The first-order valence-electron chi connectivity index (χ1n) is 5.57. The van der Waals surface area contributed by atoms with Crippen molar-refractivity contribution in [2.45, 2.75) is 32.1 Å². The first-order valence-corrected chi connectivity index (χ1v) is 5.57. The van der Waals surface area contributed by atoms with E-state index in [1.165, 1.54) is 25.7 Å². The van der Waals surface area contributed by atoms with Gasteiger partial charge in [0.05, 0.1) is 0 Å². The summed E-state index contributed by atoms with van der Waals surface area (Å²) >= 11 is 0. The lowest BCUT2D eigenvalue weighted by molar-refractivity contribution is 0.109. The van der Waals surface area contributed by atoms with E-state index >= 15 is 0 Å². The summed E-state index contributed by atoms with van der Waals surface area (Å²) < 4.78 is 0. The zero-order valence-electron chi connectivity index (χ0n) is 8.15. The second kappa shape index (κ2) is 3.97. The summed E-state index contributed by atoms with van der Waals surface area (Å²) in [6.07, 6.45) is 6.29. The first kappa shape index (κ1) is 9.47. The van der Waals surface area contributed by atoms with Crippen molar-refractivity contribution in [1.29, 1.82) is 0 Å². The summed E-state index contributed by atoms with van der Waals surface area (Å²) in [4.78, 5) is 0. The van der Waals surface area contributed by atoms with Crippen molar-refractivity contribution in [3.05, 3.63) is 0 Å². The molecule has 0 aromatic heterocycles. The predicted octanol–water partition coefficient (Wildman–Crippen LogP) is 1.41. The van der Waals surface area contributed by atoms with Crippen LogP contribution >= 0.6 is 0 Å². The van der Waals surface area contributed by atoms with Crippen molar-refractivity contribution in [1.82, 2.24) is 0 Å². The summed E-state index contributed by atoms with van der Waals surface area (Å²) in [5.41, 5.74) is 0. The molecule has 2 nitrogen and oxygen atoms in total. The maximum absolute atomic E-state index is 9.23. The molecule has 2 N–H and O–H groups in total. The Hall–Kier alpha value is -0.0800. The van der Waals surface area contributed by atoms with E-state index in [4.69, 9.17) is 5.11 Å². The molecule has 2 aliphatic rings. The van der Waals surface area contributed by atoms with E-state index in [1.807, 2.05) is 0 Å². The number of rotatable bonds is 4. The number of hydrogen-bond acceptors (Lipinski definition) is 2. The van der Waals surface area contributed by atoms with Crippen molar-refractivity contribution < 1.29 is 10.2 Å². The Kier molecular flexibility index (Phi) is 2.89. The van der Waals surface area contributed by atoms with Crippen LogP contribution in [-0.4, -0.2) is 23.4 Å². The molecule has 2 bridgehead atoms. The smallest absolute Gasteiger partial charge is 0.0462 e. The summed E-state index contributed by atoms with van der Waals surface area (Å²) in [5.74, 6) is 2.91. The van der Waals surface area contributed by atoms with Crippen LogP contribution in [0.15, 0.2) is 0 Å². The summed E-state index contributed by atoms with van der Waals surface area (Å²) in [5, 5.41) is 18.1. The van der Waals surface area contributed by atoms with Gasteiger partial charge in [-0.2, -0.15) is 0 Å². The molecule has 0 aliphatic heterocycles. The van der Waals surface area contributed by atoms with E-state index in [-0.39, 0.29) is 13.2 Å². The first-order chi connectivity index (χ1) is 6.35. The molecule has 0 radical (unpaired) electrons. The van der Waals surface area contributed by atoms with Crippen LogP contribution < -0.4 is 0 Å². The van der Waals surface area contributed by atoms with Crippen molar-refractivity contribution in [3.8, 4) is 0 Å². The van der Waals surface area contributed by atoms with Crippen molar-refractivity contribution in [3.63, 3.8) is 0 Å². The normalized spacial score (nSPS) is 39.7. The largest absolute Gasteiger partial charge is 0.396 e. The van der Waals surface area contributed by atoms with Gasteiger partial charge in [0.2, 0.25) is 0 Å². The van der Waals surface area contributed by atoms with Gasteiger partial charge in [0.1, 0.15) is 0 Å². The standard InChI is InChI=1S/C11H20O2/c12-4-3-10(7-13)11-6-8-1-2-9(11)5-8/h8-13H,1-7H2. The van der Waals surface area contributed by atoms with Crippen LogP contribution in [0.3, 0.4) is 0 Å². The Morgan fingerprint density at radius 1 is 1.15 bits per heavy atom. The molecule has 0 aromatic rings. The average Bonchev–Trinajstić information content (AvgIpc) is 2.74. The van der Waals surface area contributed by atoms with Crippen LogP contribution in [0.5, 0.6) is 0 Å². The monoisotopic (exact) mass is 184 g/mol. The van der Waals surface area contributed by atoms with Gasteiger partial charge in [0.25, 0.3) is 0 Å².